The molecule has 0 bridgehead atoms. The quantitative estimate of drug-likeness (QED) is 0.370. The highest BCUT2D eigenvalue weighted by atomic mass is 16.2. The molecule has 0 aliphatic heterocycles. The maximum atomic E-state index is 12.4. The zero-order valence-electron chi connectivity index (χ0n) is 19.3. The standard InChI is InChI=1S/C27H37N3O/c1-18(29-30-25(31)19-12-16-28-17-13-19)22-9-10-23-21-8-7-20-6-4-5-14-26(20,2)24(21)11-15-27(22,23)3/h4-5,12-13,16-17,20-24H,6-11,14-15H2,1-3H3,(H,30,31)/b29-18-/t20-,21+,22-,23+,24+,26-,27-/m0/s1. The first-order valence-electron chi connectivity index (χ1n) is 12.3. The Morgan fingerprint density at radius 3 is 2.61 bits per heavy atom. The van der Waals surface area contributed by atoms with Gasteiger partial charge >= 0.3 is 0 Å². The van der Waals surface area contributed by atoms with Crippen molar-refractivity contribution in [2.24, 2.45) is 45.5 Å². The second kappa shape index (κ2) is 7.86. The van der Waals surface area contributed by atoms with E-state index in [1.165, 1.54) is 51.4 Å². The van der Waals surface area contributed by atoms with Crippen LogP contribution < -0.4 is 5.43 Å². The van der Waals surface area contributed by atoms with Crippen LogP contribution in [0, 0.1) is 40.4 Å². The van der Waals surface area contributed by atoms with Crippen LogP contribution in [0.4, 0.5) is 0 Å². The number of carbonyl (C=O) groups excluding carboxylic acids is 1. The van der Waals surface area contributed by atoms with Crippen LogP contribution in [0.5, 0.6) is 0 Å². The lowest BCUT2D eigenvalue weighted by molar-refractivity contribution is -0.0913. The first-order chi connectivity index (χ1) is 14.9. The number of hydrogen-bond donors (Lipinski definition) is 1. The van der Waals surface area contributed by atoms with Gasteiger partial charge < -0.3 is 0 Å². The number of allylic oxidation sites excluding steroid dienone is 2. The van der Waals surface area contributed by atoms with Gasteiger partial charge in [0.15, 0.2) is 0 Å². The number of rotatable bonds is 3. The third-order valence-electron chi connectivity index (χ3n) is 9.99. The molecule has 31 heavy (non-hydrogen) atoms. The third kappa shape index (κ3) is 3.37. The van der Waals surface area contributed by atoms with E-state index in [-0.39, 0.29) is 5.91 Å². The predicted molar refractivity (Wildman–Crippen MR) is 125 cm³/mol. The van der Waals surface area contributed by atoms with Crippen LogP contribution in [0.1, 0.15) is 82.5 Å². The van der Waals surface area contributed by atoms with Crippen LogP contribution in [0.15, 0.2) is 41.8 Å². The first kappa shape index (κ1) is 20.9. The van der Waals surface area contributed by atoms with Crippen LogP contribution in [0.2, 0.25) is 0 Å². The maximum absolute atomic E-state index is 12.4. The van der Waals surface area contributed by atoms with E-state index in [1.807, 2.05) is 0 Å². The minimum Gasteiger partial charge on any atom is -0.267 e. The molecule has 0 aromatic carbocycles. The molecular formula is C27H37N3O. The molecule has 1 aromatic heterocycles. The van der Waals surface area contributed by atoms with Crippen molar-refractivity contribution in [1.29, 1.82) is 0 Å². The molecule has 1 aromatic rings. The maximum Gasteiger partial charge on any atom is 0.271 e. The number of hydrazone groups is 1. The van der Waals surface area contributed by atoms with Crippen LogP contribution in [0.25, 0.3) is 0 Å². The summed E-state index contributed by atoms with van der Waals surface area (Å²) in [6.45, 7) is 7.26. The molecule has 5 rings (SSSR count). The van der Waals surface area contributed by atoms with Crippen LogP contribution in [-0.2, 0) is 0 Å². The number of pyridine rings is 1. The lowest BCUT2D eigenvalue weighted by Gasteiger charge is -2.59. The number of aromatic nitrogens is 1. The lowest BCUT2D eigenvalue weighted by Crippen LogP contribution is -2.52. The summed E-state index contributed by atoms with van der Waals surface area (Å²) < 4.78 is 0. The molecule has 1 amide bonds. The second-order valence-corrected chi connectivity index (χ2v) is 11.2. The van der Waals surface area contributed by atoms with E-state index in [0.717, 1.165) is 29.4 Å². The fourth-order valence-electron chi connectivity index (χ4n) is 8.31. The van der Waals surface area contributed by atoms with Gasteiger partial charge in [-0.2, -0.15) is 5.10 Å². The van der Waals surface area contributed by atoms with Crippen LogP contribution in [-0.4, -0.2) is 16.6 Å². The van der Waals surface area contributed by atoms with E-state index in [4.69, 9.17) is 0 Å². The van der Waals surface area contributed by atoms with Crippen molar-refractivity contribution in [2.75, 3.05) is 0 Å². The van der Waals surface area contributed by atoms with Crippen molar-refractivity contribution < 1.29 is 4.79 Å². The van der Waals surface area contributed by atoms with Gasteiger partial charge in [0.2, 0.25) is 0 Å². The van der Waals surface area contributed by atoms with E-state index in [9.17, 15) is 4.79 Å². The van der Waals surface area contributed by atoms with Crippen molar-refractivity contribution in [3.8, 4) is 0 Å². The summed E-state index contributed by atoms with van der Waals surface area (Å²) in [5, 5.41) is 4.59. The summed E-state index contributed by atoms with van der Waals surface area (Å²) in [6.07, 6.45) is 18.8. The van der Waals surface area contributed by atoms with Crippen LogP contribution >= 0.6 is 0 Å². The van der Waals surface area contributed by atoms with Crippen molar-refractivity contribution >= 4 is 11.6 Å². The summed E-state index contributed by atoms with van der Waals surface area (Å²) >= 11 is 0. The Labute approximate surface area is 187 Å². The summed E-state index contributed by atoms with van der Waals surface area (Å²) in [7, 11) is 0. The molecule has 4 aliphatic rings. The third-order valence-corrected chi connectivity index (χ3v) is 9.99. The number of hydrogen-bond acceptors (Lipinski definition) is 3. The minimum atomic E-state index is -0.151. The van der Waals surface area contributed by atoms with Gasteiger partial charge in [-0.05, 0) is 105 Å². The van der Waals surface area contributed by atoms with Gasteiger partial charge in [-0.15, -0.1) is 0 Å². The van der Waals surface area contributed by atoms with Gasteiger partial charge in [-0.1, -0.05) is 26.0 Å². The predicted octanol–water partition coefficient (Wildman–Crippen LogP) is 6.01. The Morgan fingerprint density at radius 2 is 1.81 bits per heavy atom. The van der Waals surface area contributed by atoms with Gasteiger partial charge in [0.1, 0.15) is 0 Å². The van der Waals surface area contributed by atoms with E-state index < -0.39 is 0 Å². The molecule has 4 aliphatic carbocycles. The normalized spacial score (nSPS) is 41.8. The largest absolute Gasteiger partial charge is 0.271 e. The van der Waals surface area contributed by atoms with Gasteiger partial charge in [-0.3, -0.25) is 9.78 Å². The molecule has 4 heteroatoms. The fourth-order valence-corrected chi connectivity index (χ4v) is 8.31. The summed E-state index contributed by atoms with van der Waals surface area (Å²) in [5.74, 6) is 3.79. The topological polar surface area (TPSA) is 54.4 Å². The van der Waals surface area contributed by atoms with E-state index in [0.29, 0.717) is 22.3 Å². The molecule has 1 heterocycles. The van der Waals surface area contributed by atoms with Crippen molar-refractivity contribution in [1.82, 2.24) is 10.4 Å². The molecule has 3 saturated carbocycles. The molecule has 4 nitrogen and oxygen atoms in total. The Balaban J connectivity index is 1.32. The highest BCUT2D eigenvalue weighted by molar-refractivity contribution is 5.95. The Bertz CT molecular complexity index is 893. The molecule has 0 radical (unpaired) electrons. The van der Waals surface area contributed by atoms with Crippen molar-refractivity contribution in [3.63, 3.8) is 0 Å². The Morgan fingerprint density at radius 1 is 1.03 bits per heavy atom. The van der Waals surface area contributed by atoms with Gasteiger partial charge in [0.25, 0.3) is 5.91 Å². The first-order valence-corrected chi connectivity index (χ1v) is 12.3. The average Bonchev–Trinajstić information content (AvgIpc) is 3.14. The average molecular weight is 420 g/mol. The van der Waals surface area contributed by atoms with Crippen molar-refractivity contribution in [3.05, 3.63) is 42.2 Å². The number of carbonyl (C=O) groups is 1. The monoisotopic (exact) mass is 419 g/mol. The van der Waals surface area contributed by atoms with E-state index in [2.05, 4.69) is 48.4 Å². The summed E-state index contributed by atoms with van der Waals surface area (Å²) in [4.78, 5) is 16.4. The number of fused-ring (bicyclic) bond motifs is 5. The minimum absolute atomic E-state index is 0.151. The number of nitrogens with one attached hydrogen (secondary N) is 1. The highest BCUT2D eigenvalue weighted by Crippen LogP contribution is 2.67. The second-order valence-electron chi connectivity index (χ2n) is 11.2. The van der Waals surface area contributed by atoms with Gasteiger partial charge in [-0.25, -0.2) is 5.43 Å². The smallest absolute Gasteiger partial charge is 0.267 e. The highest BCUT2D eigenvalue weighted by Gasteiger charge is 2.59. The lowest BCUT2D eigenvalue weighted by atomic mass is 9.45. The molecule has 166 valence electrons. The molecule has 0 spiro atoms. The SMILES string of the molecule is C/C(=N/NC(=O)c1ccncc1)[C@@H]1CC[C@@H]2[C@H]3CC[C@@H]4CC=CC[C@]4(C)[C@@H]3CC[C@]21C. The summed E-state index contributed by atoms with van der Waals surface area (Å²) in [5.41, 5.74) is 5.35. The molecule has 0 saturated heterocycles. The van der Waals surface area contributed by atoms with E-state index >= 15 is 0 Å². The van der Waals surface area contributed by atoms with E-state index in [1.54, 1.807) is 24.5 Å². The fraction of sp³-hybridized carbons (Fsp3) is 0.667. The molecule has 1 N–H and O–H groups in total. The van der Waals surface area contributed by atoms with Gasteiger partial charge in [0.05, 0.1) is 0 Å². The van der Waals surface area contributed by atoms with Gasteiger partial charge in [0, 0.05) is 29.6 Å². The zero-order chi connectivity index (χ0) is 21.6. The Hall–Kier alpha value is -1.97. The van der Waals surface area contributed by atoms with Crippen molar-refractivity contribution in [2.45, 2.75) is 72.1 Å². The van der Waals surface area contributed by atoms with Crippen LogP contribution in [0.3, 0.4) is 0 Å². The number of nitrogens with zero attached hydrogens (tertiary/aromatic N) is 2. The molecule has 7 atom stereocenters. The molecular weight excluding hydrogens is 382 g/mol. The zero-order valence-corrected chi connectivity index (χ0v) is 19.3. The number of amides is 1. The molecule has 3 fully saturated rings. The summed E-state index contributed by atoms with van der Waals surface area (Å²) in [6, 6.07) is 3.46. The Kier molecular flexibility index (Phi) is 5.30. The molecule has 0 unspecified atom stereocenters.